The van der Waals surface area contributed by atoms with Gasteiger partial charge in [-0.05, 0) is 0 Å². The Morgan fingerprint density at radius 3 is 2.64 bits per heavy atom. The summed E-state index contributed by atoms with van der Waals surface area (Å²) >= 11 is 0. The summed E-state index contributed by atoms with van der Waals surface area (Å²) in [6.45, 7) is 4.69. The second kappa shape index (κ2) is 4.46. The normalized spacial score (nSPS) is 14.4. The fourth-order valence-electron chi connectivity index (χ4n) is 0.411. The first-order valence-electron chi connectivity index (χ1n) is 3.17. The first-order valence-corrected chi connectivity index (χ1v) is 4.75. The van der Waals surface area contributed by atoms with Crippen LogP contribution in [0.4, 0.5) is 4.39 Å². The quantitative estimate of drug-likeness (QED) is 0.474. The number of hydrogen-bond acceptors (Lipinski definition) is 3. The van der Waals surface area contributed by atoms with Crippen LogP contribution in [-0.4, -0.2) is 20.5 Å². The van der Waals surface area contributed by atoms with Crippen molar-refractivity contribution in [1.82, 2.24) is 0 Å². The second-order valence-electron chi connectivity index (χ2n) is 1.93. The Morgan fingerprint density at radius 1 is 1.73 bits per heavy atom. The summed E-state index contributed by atoms with van der Waals surface area (Å²) in [6.07, 6.45) is -0.561. The minimum atomic E-state index is -3.74. The van der Waals surface area contributed by atoms with Crippen molar-refractivity contribution in [3.63, 3.8) is 0 Å². The van der Waals surface area contributed by atoms with Crippen molar-refractivity contribution in [2.75, 3.05) is 5.75 Å². The summed E-state index contributed by atoms with van der Waals surface area (Å²) in [6, 6.07) is 0. The largest absolute Gasteiger partial charge is 0.273 e. The molecule has 0 N–H and O–H groups in total. The number of hydrogen-bond donors (Lipinski definition) is 0. The predicted molar refractivity (Wildman–Crippen MR) is 40.3 cm³/mol. The molecule has 0 saturated carbocycles. The summed E-state index contributed by atoms with van der Waals surface area (Å²) in [5, 5.41) is 0. The molecule has 0 saturated heterocycles. The summed E-state index contributed by atoms with van der Waals surface area (Å²) in [5.41, 5.74) is 0. The molecule has 0 aliphatic carbocycles. The minimum Gasteiger partial charge on any atom is -0.233 e. The van der Waals surface area contributed by atoms with Gasteiger partial charge in [0.25, 0.3) is 10.1 Å². The van der Waals surface area contributed by atoms with Crippen LogP contribution in [0.2, 0.25) is 0 Å². The van der Waals surface area contributed by atoms with E-state index in [4.69, 9.17) is 0 Å². The lowest BCUT2D eigenvalue weighted by atomic mass is 10.5. The molecular formula is C6H11FO3S. The highest BCUT2D eigenvalue weighted by molar-refractivity contribution is 7.86. The Balaban J connectivity index is 4.02. The molecule has 3 nitrogen and oxygen atoms in total. The lowest BCUT2D eigenvalue weighted by Crippen LogP contribution is -2.15. The Morgan fingerprint density at radius 2 is 2.27 bits per heavy atom. The molecule has 5 heteroatoms. The van der Waals surface area contributed by atoms with E-state index in [0.29, 0.717) is 0 Å². The van der Waals surface area contributed by atoms with Crippen molar-refractivity contribution in [3.8, 4) is 0 Å². The fourth-order valence-corrected chi connectivity index (χ4v) is 1.23. The van der Waals surface area contributed by atoms with Gasteiger partial charge in [-0.15, -0.1) is 6.58 Å². The third-order valence-electron chi connectivity index (χ3n) is 0.894. The molecule has 0 fully saturated rings. The lowest BCUT2D eigenvalue weighted by molar-refractivity contribution is 0.0717. The molecule has 1 unspecified atom stereocenters. The topological polar surface area (TPSA) is 43.4 Å². The molecule has 0 aromatic carbocycles. The maximum atomic E-state index is 12.3. The average Bonchev–Trinajstić information content (AvgIpc) is 1.86. The lowest BCUT2D eigenvalue weighted by Gasteiger charge is -2.05. The van der Waals surface area contributed by atoms with E-state index in [0.717, 1.165) is 6.08 Å². The summed E-state index contributed by atoms with van der Waals surface area (Å²) in [7, 11) is -3.74. The van der Waals surface area contributed by atoms with E-state index >= 15 is 0 Å². The molecule has 1 atom stereocenters. The molecular weight excluding hydrogens is 171 g/mol. The molecule has 0 bridgehead atoms. The highest BCUT2D eigenvalue weighted by Crippen LogP contribution is 2.05. The van der Waals surface area contributed by atoms with Crippen molar-refractivity contribution in [2.24, 2.45) is 0 Å². The molecule has 0 aliphatic heterocycles. The van der Waals surface area contributed by atoms with E-state index in [1.807, 2.05) is 0 Å². The van der Waals surface area contributed by atoms with Gasteiger partial charge in [-0.1, -0.05) is 13.0 Å². The van der Waals surface area contributed by atoms with Gasteiger partial charge in [0.1, 0.15) is 0 Å². The van der Waals surface area contributed by atoms with Crippen LogP contribution in [0.15, 0.2) is 12.7 Å². The molecule has 0 rings (SSSR count). The highest BCUT2D eigenvalue weighted by atomic mass is 32.2. The van der Waals surface area contributed by atoms with Crippen molar-refractivity contribution < 1.29 is 17.0 Å². The van der Waals surface area contributed by atoms with E-state index in [1.165, 1.54) is 6.92 Å². The van der Waals surface area contributed by atoms with Gasteiger partial charge in [0.05, 0.1) is 5.75 Å². The van der Waals surface area contributed by atoms with Crippen molar-refractivity contribution in [3.05, 3.63) is 12.7 Å². The second-order valence-corrected chi connectivity index (χ2v) is 3.57. The van der Waals surface area contributed by atoms with E-state index in [9.17, 15) is 12.8 Å². The van der Waals surface area contributed by atoms with Crippen LogP contribution < -0.4 is 0 Å². The molecule has 0 amide bonds. The average molecular weight is 182 g/mol. The molecule has 0 aromatic heterocycles. The van der Waals surface area contributed by atoms with Gasteiger partial charge in [0.2, 0.25) is 6.36 Å². The van der Waals surface area contributed by atoms with Crippen LogP contribution in [0.25, 0.3) is 0 Å². The van der Waals surface area contributed by atoms with Gasteiger partial charge in [-0.3, -0.25) is 0 Å². The number of rotatable bonds is 5. The Labute approximate surface area is 66.0 Å². The van der Waals surface area contributed by atoms with Gasteiger partial charge in [0, 0.05) is 6.42 Å². The van der Waals surface area contributed by atoms with E-state index < -0.39 is 16.5 Å². The van der Waals surface area contributed by atoms with Crippen molar-refractivity contribution in [2.45, 2.75) is 19.7 Å². The van der Waals surface area contributed by atoms with Gasteiger partial charge in [-0.25, -0.2) is 8.57 Å². The molecule has 66 valence electrons. The molecule has 0 radical (unpaired) electrons. The van der Waals surface area contributed by atoms with Gasteiger partial charge >= 0.3 is 0 Å². The zero-order valence-corrected chi connectivity index (χ0v) is 7.10. The van der Waals surface area contributed by atoms with Crippen LogP contribution in [0.3, 0.4) is 0 Å². The molecule has 0 heterocycles. The Bertz CT molecular complexity index is 210. The molecule has 11 heavy (non-hydrogen) atoms. The Hall–Kier alpha value is -0.420. The zero-order valence-electron chi connectivity index (χ0n) is 6.29. The third-order valence-corrected chi connectivity index (χ3v) is 2.04. The predicted octanol–water partition coefficient (Wildman–Crippen LogP) is 1.22. The molecule has 0 spiro atoms. The van der Waals surface area contributed by atoms with E-state index in [1.54, 1.807) is 0 Å². The standard InChI is InChI=1S/C6H11FO3S/c1-3-5-11(8,9)10-6(7)4-2/h3,6H,1,4-5H2,2H3. The zero-order chi connectivity index (χ0) is 8.91. The van der Waals surface area contributed by atoms with Crippen LogP contribution in [-0.2, 0) is 14.3 Å². The van der Waals surface area contributed by atoms with E-state index in [-0.39, 0.29) is 12.2 Å². The fraction of sp³-hybridized carbons (Fsp3) is 0.667. The number of halogens is 1. The first-order chi connectivity index (χ1) is 5.02. The van der Waals surface area contributed by atoms with Gasteiger partial charge in [0.15, 0.2) is 0 Å². The van der Waals surface area contributed by atoms with Crippen molar-refractivity contribution >= 4 is 10.1 Å². The van der Waals surface area contributed by atoms with Crippen LogP contribution in [0.1, 0.15) is 13.3 Å². The SMILES string of the molecule is C=CCS(=O)(=O)OC(F)CC. The molecule has 0 aliphatic rings. The van der Waals surface area contributed by atoms with Gasteiger partial charge < -0.3 is 0 Å². The summed E-state index contributed by atoms with van der Waals surface area (Å²) < 4.78 is 37.7. The Kier molecular flexibility index (Phi) is 4.29. The monoisotopic (exact) mass is 182 g/mol. The smallest absolute Gasteiger partial charge is 0.233 e. The van der Waals surface area contributed by atoms with Crippen LogP contribution >= 0.6 is 0 Å². The number of alkyl halides is 1. The maximum absolute atomic E-state index is 12.3. The highest BCUT2D eigenvalue weighted by Gasteiger charge is 2.14. The first kappa shape index (κ1) is 10.6. The minimum absolute atomic E-state index is 0.0242. The van der Waals surface area contributed by atoms with Crippen LogP contribution in [0, 0.1) is 0 Å². The maximum Gasteiger partial charge on any atom is 0.273 e. The van der Waals surface area contributed by atoms with Crippen LogP contribution in [0.5, 0.6) is 0 Å². The van der Waals surface area contributed by atoms with E-state index in [2.05, 4.69) is 10.8 Å². The third kappa shape index (κ3) is 4.92. The van der Waals surface area contributed by atoms with Gasteiger partial charge in [-0.2, -0.15) is 8.42 Å². The summed E-state index contributed by atoms with van der Waals surface area (Å²) in [4.78, 5) is 0. The summed E-state index contributed by atoms with van der Waals surface area (Å²) in [5.74, 6) is -0.354. The molecule has 0 aromatic rings. The van der Waals surface area contributed by atoms with Crippen molar-refractivity contribution in [1.29, 1.82) is 0 Å².